The lowest BCUT2D eigenvalue weighted by Crippen LogP contribution is -2.28. The van der Waals surface area contributed by atoms with Crippen molar-refractivity contribution >= 4 is 60.6 Å². The summed E-state index contributed by atoms with van der Waals surface area (Å²) in [6.07, 6.45) is 5.57. The summed E-state index contributed by atoms with van der Waals surface area (Å²) >= 11 is 3.14. The molecular weight excluding hydrogens is 488 g/mol. The van der Waals surface area contributed by atoms with E-state index >= 15 is 0 Å². The van der Waals surface area contributed by atoms with Crippen molar-refractivity contribution in [1.82, 2.24) is 4.98 Å². The van der Waals surface area contributed by atoms with Crippen molar-refractivity contribution in [2.45, 2.75) is 33.1 Å². The molecule has 0 unspecified atom stereocenters. The first-order valence-corrected chi connectivity index (χ1v) is 13.5. The Morgan fingerprint density at radius 3 is 2.03 bits per heavy atom. The van der Waals surface area contributed by atoms with Crippen LogP contribution >= 0.6 is 22.7 Å². The predicted molar refractivity (Wildman–Crippen MR) is 147 cm³/mol. The standard InChI is InChI=1S/C26H26N8S2/c1-18-17-21(29-32-24-10-11-25(36-24)34-13-4-3-5-14-34)7-8-22(18)30-28-20-6-9-23(19(2)16-20)31-33-26-27-12-15-35-26/h6-12,15-17H,3-5,13-14H2,1-2H3. The Morgan fingerprint density at radius 1 is 0.722 bits per heavy atom. The van der Waals surface area contributed by atoms with Gasteiger partial charge in [0.25, 0.3) is 0 Å². The Bertz CT molecular complexity index is 1400. The van der Waals surface area contributed by atoms with Gasteiger partial charge in [-0.15, -0.1) is 31.8 Å². The van der Waals surface area contributed by atoms with Gasteiger partial charge in [0.2, 0.25) is 5.13 Å². The van der Waals surface area contributed by atoms with E-state index in [0.717, 1.165) is 52.0 Å². The Hall–Kier alpha value is -3.63. The highest BCUT2D eigenvalue weighted by atomic mass is 32.1. The van der Waals surface area contributed by atoms with Gasteiger partial charge < -0.3 is 4.90 Å². The molecule has 3 heterocycles. The van der Waals surface area contributed by atoms with Crippen molar-refractivity contribution < 1.29 is 0 Å². The third-order valence-corrected chi connectivity index (χ3v) is 7.49. The average Bonchev–Trinajstić information content (AvgIpc) is 3.59. The number of aromatic nitrogens is 1. The van der Waals surface area contributed by atoms with Gasteiger partial charge in [-0.05, 0) is 92.8 Å². The van der Waals surface area contributed by atoms with E-state index in [1.165, 1.54) is 35.6 Å². The van der Waals surface area contributed by atoms with Crippen LogP contribution in [0.5, 0.6) is 0 Å². The van der Waals surface area contributed by atoms with Crippen LogP contribution in [0.3, 0.4) is 0 Å². The zero-order valence-electron chi connectivity index (χ0n) is 20.2. The first kappa shape index (κ1) is 24.1. The van der Waals surface area contributed by atoms with Gasteiger partial charge >= 0.3 is 0 Å². The van der Waals surface area contributed by atoms with E-state index in [2.05, 4.69) is 46.6 Å². The lowest BCUT2D eigenvalue weighted by molar-refractivity contribution is 0.580. The summed E-state index contributed by atoms with van der Waals surface area (Å²) < 4.78 is 0. The molecule has 2 aromatic heterocycles. The Morgan fingerprint density at radius 2 is 1.39 bits per heavy atom. The predicted octanol–water partition coefficient (Wildman–Crippen LogP) is 10.1. The molecule has 0 spiro atoms. The van der Waals surface area contributed by atoms with E-state index < -0.39 is 0 Å². The van der Waals surface area contributed by atoms with Crippen molar-refractivity contribution in [3.63, 3.8) is 0 Å². The first-order valence-electron chi connectivity index (χ1n) is 11.8. The number of thiophene rings is 1. The topological polar surface area (TPSA) is 90.3 Å². The second-order valence-electron chi connectivity index (χ2n) is 8.52. The highest BCUT2D eigenvalue weighted by Crippen LogP contribution is 2.35. The summed E-state index contributed by atoms with van der Waals surface area (Å²) in [6.45, 7) is 6.24. The number of aryl methyl sites for hydroxylation is 2. The van der Waals surface area contributed by atoms with E-state index in [1.54, 1.807) is 17.5 Å². The normalized spacial score (nSPS) is 14.6. The molecule has 8 nitrogen and oxygen atoms in total. The van der Waals surface area contributed by atoms with Crippen LogP contribution in [0.15, 0.2) is 90.8 Å². The molecule has 0 amide bonds. The van der Waals surface area contributed by atoms with Crippen LogP contribution in [0.2, 0.25) is 0 Å². The third-order valence-electron chi connectivity index (χ3n) is 5.81. The third kappa shape index (κ3) is 6.13. The van der Waals surface area contributed by atoms with Crippen LogP contribution in [-0.4, -0.2) is 18.1 Å². The molecule has 0 N–H and O–H groups in total. The zero-order valence-corrected chi connectivity index (χ0v) is 21.8. The second kappa shape index (κ2) is 11.4. The van der Waals surface area contributed by atoms with Gasteiger partial charge in [-0.1, -0.05) is 11.3 Å². The average molecular weight is 515 g/mol. The molecule has 2 aromatic carbocycles. The second-order valence-corrected chi connectivity index (χ2v) is 10.4. The molecule has 10 heteroatoms. The minimum Gasteiger partial charge on any atom is -0.363 e. The summed E-state index contributed by atoms with van der Waals surface area (Å²) in [5, 5.41) is 30.9. The number of hydrogen-bond donors (Lipinski definition) is 0. The molecule has 0 atom stereocenters. The lowest BCUT2D eigenvalue weighted by atomic mass is 10.1. The van der Waals surface area contributed by atoms with Gasteiger partial charge in [-0.25, -0.2) is 4.98 Å². The Kier molecular flexibility index (Phi) is 7.63. The molecule has 1 fully saturated rings. The van der Waals surface area contributed by atoms with Gasteiger partial charge in [0.1, 0.15) is 5.00 Å². The fraction of sp³-hybridized carbons (Fsp3) is 0.269. The zero-order chi connectivity index (χ0) is 24.7. The number of piperidine rings is 1. The van der Waals surface area contributed by atoms with Crippen molar-refractivity contribution in [2.24, 2.45) is 30.7 Å². The summed E-state index contributed by atoms with van der Waals surface area (Å²) in [4.78, 5) is 6.56. The van der Waals surface area contributed by atoms with Gasteiger partial charge in [-0.3, -0.25) is 0 Å². The summed E-state index contributed by atoms with van der Waals surface area (Å²) in [7, 11) is 0. The smallest absolute Gasteiger partial charge is 0.229 e. The highest BCUT2D eigenvalue weighted by Gasteiger charge is 2.12. The van der Waals surface area contributed by atoms with Crippen LogP contribution in [-0.2, 0) is 0 Å². The number of nitrogens with zero attached hydrogens (tertiary/aromatic N) is 8. The van der Waals surface area contributed by atoms with Crippen molar-refractivity contribution in [3.05, 3.63) is 71.2 Å². The first-order chi connectivity index (χ1) is 17.6. The number of benzene rings is 2. The van der Waals surface area contributed by atoms with Gasteiger partial charge in [-0.2, -0.15) is 10.2 Å². The molecule has 36 heavy (non-hydrogen) atoms. The summed E-state index contributed by atoms with van der Waals surface area (Å²) in [6, 6.07) is 15.7. The lowest BCUT2D eigenvalue weighted by Gasteiger charge is -2.26. The van der Waals surface area contributed by atoms with Gasteiger partial charge in [0, 0.05) is 24.7 Å². The Labute approximate surface area is 218 Å². The molecule has 0 radical (unpaired) electrons. The van der Waals surface area contributed by atoms with Crippen LogP contribution < -0.4 is 4.90 Å². The maximum absolute atomic E-state index is 4.45. The fourth-order valence-electron chi connectivity index (χ4n) is 3.86. The molecule has 182 valence electrons. The van der Waals surface area contributed by atoms with Crippen LogP contribution in [0.25, 0.3) is 0 Å². The Balaban J connectivity index is 1.22. The molecule has 1 aliphatic rings. The molecule has 5 rings (SSSR count). The quantitative estimate of drug-likeness (QED) is 0.230. The SMILES string of the molecule is Cc1cc(N=Nc2ccc(N3CCCCC3)s2)ccc1N=Nc1ccc(N=Nc2nccs2)c(C)c1. The van der Waals surface area contributed by atoms with Crippen molar-refractivity contribution in [2.75, 3.05) is 18.0 Å². The minimum atomic E-state index is 0.634. The number of azo groups is 3. The van der Waals surface area contributed by atoms with E-state index in [1.807, 2.05) is 61.7 Å². The molecule has 0 aliphatic carbocycles. The van der Waals surface area contributed by atoms with E-state index in [4.69, 9.17) is 0 Å². The number of anilines is 1. The van der Waals surface area contributed by atoms with E-state index in [0.29, 0.717) is 5.13 Å². The maximum atomic E-state index is 4.45. The summed E-state index contributed by atoms with van der Waals surface area (Å²) in [5.74, 6) is 0. The summed E-state index contributed by atoms with van der Waals surface area (Å²) in [5.41, 5.74) is 5.08. The molecular formula is C26H26N8S2. The minimum absolute atomic E-state index is 0.634. The van der Waals surface area contributed by atoms with E-state index in [9.17, 15) is 0 Å². The molecule has 1 aliphatic heterocycles. The van der Waals surface area contributed by atoms with Gasteiger partial charge in [0.05, 0.1) is 27.8 Å². The van der Waals surface area contributed by atoms with Crippen LogP contribution in [0.1, 0.15) is 30.4 Å². The molecule has 0 bridgehead atoms. The van der Waals surface area contributed by atoms with Crippen molar-refractivity contribution in [3.8, 4) is 0 Å². The molecule has 4 aromatic rings. The highest BCUT2D eigenvalue weighted by molar-refractivity contribution is 7.19. The fourth-order valence-corrected chi connectivity index (χ4v) is 5.20. The molecule has 1 saturated heterocycles. The maximum Gasteiger partial charge on any atom is 0.229 e. The monoisotopic (exact) mass is 514 g/mol. The largest absolute Gasteiger partial charge is 0.363 e. The van der Waals surface area contributed by atoms with Crippen LogP contribution in [0.4, 0.5) is 37.9 Å². The van der Waals surface area contributed by atoms with E-state index in [-0.39, 0.29) is 0 Å². The van der Waals surface area contributed by atoms with Crippen LogP contribution in [0, 0.1) is 13.8 Å². The number of rotatable bonds is 7. The molecule has 0 saturated carbocycles. The number of thiazole rings is 1. The van der Waals surface area contributed by atoms with Crippen molar-refractivity contribution in [1.29, 1.82) is 0 Å². The number of hydrogen-bond acceptors (Lipinski definition) is 10. The van der Waals surface area contributed by atoms with Gasteiger partial charge in [0.15, 0.2) is 0 Å².